The number of hydrogen-bond acceptors (Lipinski definition) is 4. The van der Waals surface area contributed by atoms with Gasteiger partial charge in [0.2, 0.25) is 9.84 Å². The molecule has 0 atom stereocenters. The Morgan fingerprint density at radius 1 is 0.935 bits per heavy atom. The van der Waals surface area contributed by atoms with Crippen LogP contribution in [-0.2, 0) is 16.3 Å². The summed E-state index contributed by atoms with van der Waals surface area (Å²) in [6.07, 6.45) is 0.774. The van der Waals surface area contributed by atoms with Crippen molar-refractivity contribution in [1.82, 2.24) is 0 Å². The second-order valence-corrected chi connectivity index (χ2v) is 9.45. The zero-order valence-corrected chi connectivity index (χ0v) is 17.7. The van der Waals surface area contributed by atoms with Crippen molar-refractivity contribution in [3.8, 4) is 0 Å². The Morgan fingerprint density at radius 3 is 2.48 bits per heavy atom. The Kier molecular flexibility index (Phi) is 4.44. The molecule has 2 aliphatic rings. The molecule has 0 bridgehead atoms. The molecule has 7 heteroatoms. The van der Waals surface area contributed by atoms with Gasteiger partial charge in [0.25, 0.3) is 11.8 Å². The Labute approximate surface area is 180 Å². The minimum absolute atomic E-state index is 0.00949. The SMILES string of the molecule is CCN1C(=O)c2ccccc2S(=O)(=O)c2ccc(C(=O)N3CCc4ccccc43)cc21. The molecule has 5 rings (SSSR count). The van der Waals surface area contributed by atoms with E-state index in [0.29, 0.717) is 12.1 Å². The van der Waals surface area contributed by atoms with Crippen molar-refractivity contribution in [1.29, 1.82) is 0 Å². The van der Waals surface area contributed by atoms with E-state index in [-0.39, 0.29) is 33.5 Å². The molecule has 0 N–H and O–H groups in total. The van der Waals surface area contributed by atoms with E-state index in [2.05, 4.69) is 0 Å². The lowest BCUT2D eigenvalue weighted by atomic mass is 10.1. The molecule has 0 aliphatic carbocycles. The van der Waals surface area contributed by atoms with Gasteiger partial charge in [-0.3, -0.25) is 9.59 Å². The predicted molar refractivity (Wildman–Crippen MR) is 118 cm³/mol. The largest absolute Gasteiger partial charge is 0.308 e. The highest BCUT2D eigenvalue weighted by Crippen LogP contribution is 2.38. The third kappa shape index (κ3) is 2.88. The summed E-state index contributed by atoms with van der Waals surface area (Å²) in [5, 5.41) is 0. The van der Waals surface area contributed by atoms with Crippen molar-refractivity contribution in [2.24, 2.45) is 0 Å². The monoisotopic (exact) mass is 432 g/mol. The normalized spacial score (nSPS) is 16.4. The Bertz CT molecular complexity index is 1350. The van der Waals surface area contributed by atoms with Crippen molar-refractivity contribution in [3.05, 3.63) is 83.4 Å². The molecule has 0 spiro atoms. The van der Waals surface area contributed by atoms with Crippen LogP contribution in [0.5, 0.6) is 0 Å². The Balaban J connectivity index is 1.65. The molecule has 156 valence electrons. The van der Waals surface area contributed by atoms with Crippen LogP contribution in [0.3, 0.4) is 0 Å². The summed E-state index contributed by atoms with van der Waals surface area (Å²) < 4.78 is 26.7. The average Bonchev–Trinajstić information content (AvgIpc) is 3.20. The number of carbonyl (C=O) groups excluding carboxylic acids is 2. The number of amides is 2. The lowest BCUT2D eigenvalue weighted by Crippen LogP contribution is -2.32. The molecule has 0 fully saturated rings. The fraction of sp³-hybridized carbons (Fsp3) is 0.167. The standard InChI is InChI=1S/C24H20N2O4S/c1-2-25-20-15-17(23(27)26-14-13-16-7-3-5-9-19(16)26)11-12-22(20)31(29,30)21-10-6-4-8-18(21)24(25)28/h3-12,15H,2,13-14H2,1H3. The van der Waals surface area contributed by atoms with E-state index in [4.69, 9.17) is 0 Å². The zero-order chi connectivity index (χ0) is 21.8. The van der Waals surface area contributed by atoms with Crippen LogP contribution in [0.2, 0.25) is 0 Å². The van der Waals surface area contributed by atoms with Gasteiger partial charge < -0.3 is 9.80 Å². The highest BCUT2D eigenvalue weighted by atomic mass is 32.2. The number of hydrogen-bond donors (Lipinski definition) is 0. The van der Waals surface area contributed by atoms with Crippen molar-refractivity contribution in [2.75, 3.05) is 22.9 Å². The highest BCUT2D eigenvalue weighted by molar-refractivity contribution is 7.91. The van der Waals surface area contributed by atoms with Gasteiger partial charge in [0.15, 0.2) is 0 Å². The lowest BCUT2D eigenvalue weighted by Gasteiger charge is -2.23. The maximum Gasteiger partial charge on any atom is 0.259 e. The molecule has 3 aromatic rings. The van der Waals surface area contributed by atoms with Gasteiger partial charge in [-0.25, -0.2) is 8.42 Å². The predicted octanol–water partition coefficient (Wildman–Crippen LogP) is 3.70. The van der Waals surface area contributed by atoms with Crippen LogP contribution < -0.4 is 9.80 Å². The van der Waals surface area contributed by atoms with E-state index in [1.54, 1.807) is 24.0 Å². The molecule has 2 amide bonds. The van der Waals surface area contributed by atoms with Gasteiger partial charge >= 0.3 is 0 Å². The summed E-state index contributed by atoms with van der Waals surface area (Å²) in [4.78, 5) is 29.6. The van der Waals surface area contributed by atoms with Gasteiger partial charge in [-0.05, 0) is 55.3 Å². The third-order valence-corrected chi connectivity index (χ3v) is 7.75. The molecule has 2 heterocycles. The van der Waals surface area contributed by atoms with Crippen LogP contribution >= 0.6 is 0 Å². The van der Waals surface area contributed by atoms with Gasteiger partial charge in [-0.2, -0.15) is 0 Å². The number of fused-ring (bicyclic) bond motifs is 3. The third-order valence-electron chi connectivity index (χ3n) is 5.89. The van der Waals surface area contributed by atoms with Crippen molar-refractivity contribution < 1.29 is 18.0 Å². The first kappa shape index (κ1) is 19.5. The van der Waals surface area contributed by atoms with Crippen LogP contribution in [0.15, 0.2) is 76.5 Å². The van der Waals surface area contributed by atoms with E-state index in [1.165, 1.54) is 35.2 Å². The number of nitrogens with zero attached hydrogens (tertiary/aromatic N) is 2. The summed E-state index contributed by atoms with van der Waals surface area (Å²) in [7, 11) is -3.91. The quantitative estimate of drug-likeness (QED) is 0.619. The fourth-order valence-electron chi connectivity index (χ4n) is 4.36. The van der Waals surface area contributed by atoms with Crippen LogP contribution in [-0.4, -0.2) is 33.3 Å². The zero-order valence-electron chi connectivity index (χ0n) is 16.9. The first-order valence-electron chi connectivity index (χ1n) is 10.1. The molecule has 3 aromatic carbocycles. The second-order valence-electron chi connectivity index (χ2n) is 7.57. The Morgan fingerprint density at radius 2 is 1.68 bits per heavy atom. The molecule has 0 saturated heterocycles. The number of benzene rings is 3. The number of rotatable bonds is 2. The Hall–Kier alpha value is -3.45. The lowest BCUT2D eigenvalue weighted by molar-refractivity contribution is 0.0976. The first-order chi connectivity index (χ1) is 14.9. The molecular formula is C24H20N2O4S. The summed E-state index contributed by atoms with van der Waals surface area (Å²) >= 11 is 0. The van der Waals surface area contributed by atoms with Crippen molar-refractivity contribution in [2.45, 2.75) is 23.1 Å². The van der Waals surface area contributed by atoms with E-state index in [9.17, 15) is 18.0 Å². The molecule has 31 heavy (non-hydrogen) atoms. The number of sulfone groups is 1. The minimum atomic E-state index is -3.91. The van der Waals surface area contributed by atoms with Gasteiger partial charge in [0, 0.05) is 24.3 Å². The van der Waals surface area contributed by atoms with E-state index in [0.717, 1.165) is 17.7 Å². The number of carbonyl (C=O) groups is 2. The first-order valence-corrected chi connectivity index (χ1v) is 11.6. The van der Waals surface area contributed by atoms with Gasteiger partial charge in [-0.1, -0.05) is 30.3 Å². The minimum Gasteiger partial charge on any atom is -0.308 e. The van der Waals surface area contributed by atoms with Crippen LogP contribution in [0.25, 0.3) is 0 Å². The van der Waals surface area contributed by atoms with E-state index in [1.807, 2.05) is 24.3 Å². The molecule has 0 radical (unpaired) electrons. The molecule has 0 aromatic heterocycles. The topological polar surface area (TPSA) is 74.8 Å². The summed E-state index contributed by atoms with van der Waals surface area (Å²) in [5.74, 6) is -0.605. The summed E-state index contributed by atoms with van der Waals surface area (Å²) in [6.45, 7) is 2.63. The van der Waals surface area contributed by atoms with E-state index >= 15 is 0 Å². The molecule has 2 aliphatic heterocycles. The average molecular weight is 433 g/mol. The maximum absolute atomic E-state index is 13.3. The number of anilines is 2. The van der Waals surface area contributed by atoms with Crippen LogP contribution in [0.4, 0.5) is 11.4 Å². The van der Waals surface area contributed by atoms with E-state index < -0.39 is 15.7 Å². The van der Waals surface area contributed by atoms with Crippen LogP contribution in [0.1, 0.15) is 33.2 Å². The highest BCUT2D eigenvalue weighted by Gasteiger charge is 2.36. The maximum atomic E-state index is 13.3. The molecule has 0 saturated carbocycles. The van der Waals surface area contributed by atoms with Crippen molar-refractivity contribution in [3.63, 3.8) is 0 Å². The van der Waals surface area contributed by atoms with Crippen LogP contribution in [0, 0.1) is 0 Å². The van der Waals surface area contributed by atoms with Gasteiger partial charge in [-0.15, -0.1) is 0 Å². The molecule has 6 nitrogen and oxygen atoms in total. The smallest absolute Gasteiger partial charge is 0.259 e. The number of para-hydroxylation sites is 1. The summed E-state index contributed by atoms with van der Waals surface area (Å²) in [5.41, 5.74) is 2.70. The fourth-order valence-corrected chi connectivity index (χ4v) is 5.99. The molecular weight excluding hydrogens is 412 g/mol. The van der Waals surface area contributed by atoms with Gasteiger partial charge in [0.05, 0.1) is 21.0 Å². The summed E-state index contributed by atoms with van der Waals surface area (Å²) in [6, 6.07) is 18.5. The van der Waals surface area contributed by atoms with Crippen molar-refractivity contribution >= 4 is 33.0 Å². The van der Waals surface area contributed by atoms with Gasteiger partial charge in [0.1, 0.15) is 0 Å². The molecule has 0 unspecified atom stereocenters. The second kappa shape index (κ2) is 7.06.